The Bertz CT molecular complexity index is 1170. The minimum absolute atomic E-state index is 0.0146. The fourth-order valence-electron chi connectivity index (χ4n) is 5.28. The number of aromatic nitrogens is 2. The highest BCUT2D eigenvalue weighted by atomic mass is 32.2. The van der Waals surface area contributed by atoms with Crippen LogP contribution in [0.3, 0.4) is 0 Å². The monoisotopic (exact) mass is 479 g/mol. The van der Waals surface area contributed by atoms with Crippen LogP contribution in [0.1, 0.15) is 55.9 Å². The predicted molar refractivity (Wildman–Crippen MR) is 125 cm³/mol. The van der Waals surface area contributed by atoms with Gasteiger partial charge in [-0.2, -0.15) is 0 Å². The third-order valence-corrected chi connectivity index (χ3v) is 7.37. The summed E-state index contributed by atoms with van der Waals surface area (Å²) in [6.45, 7) is 4.20. The maximum Gasteiger partial charge on any atom is 0.278 e. The Morgan fingerprint density at radius 3 is 2.52 bits per heavy atom. The molecule has 2 aliphatic rings. The van der Waals surface area contributed by atoms with Crippen LogP contribution in [0.5, 0.6) is 0 Å². The molecule has 33 heavy (non-hydrogen) atoms. The van der Waals surface area contributed by atoms with E-state index < -0.39 is 16.1 Å². The fraction of sp³-hybridized carbons (Fsp3) is 0.636. The average molecular weight is 480 g/mol. The van der Waals surface area contributed by atoms with Crippen LogP contribution in [0.25, 0.3) is 5.52 Å². The Morgan fingerprint density at radius 2 is 1.91 bits per heavy atom. The number of aliphatic hydroxyl groups is 1. The molecule has 2 aromatic heterocycles. The molecule has 2 bridgehead atoms. The molecule has 10 nitrogen and oxygen atoms in total. The van der Waals surface area contributed by atoms with Gasteiger partial charge in [0.25, 0.3) is 11.5 Å². The summed E-state index contributed by atoms with van der Waals surface area (Å²) in [5.41, 5.74) is 0.625. The molecule has 3 atom stereocenters. The Morgan fingerprint density at radius 1 is 1.24 bits per heavy atom. The highest BCUT2D eigenvalue weighted by Gasteiger charge is 2.41. The summed E-state index contributed by atoms with van der Waals surface area (Å²) >= 11 is 0. The molecule has 0 radical (unpaired) electrons. The van der Waals surface area contributed by atoms with Crippen molar-refractivity contribution in [3.05, 3.63) is 40.3 Å². The molecule has 0 aliphatic carbocycles. The lowest BCUT2D eigenvalue weighted by molar-refractivity contribution is 0.0523. The molecule has 4 rings (SSSR count). The first-order valence-corrected chi connectivity index (χ1v) is 13.3. The van der Waals surface area contributed by atoms with Crippen molar-refractivity contribution in [2.24, 2.45) is 0 Å². The standard InChI is InChI=1S/C22H33N5O5S/c1-14(2)27-22(30)20(11-18-5-4-8-26(18)27)21(29)24-15-9-16-6-7-17(10-15)25(16)13-19(28)12-23-33(3,31)32/h4-5,8,11,14-17,19,23,28H,6-7,9-10,12-13H2,1-3H3,(H,24,29)/t15?,16?,17?,19-/m0/s1. The lowest BCUT2D eigenvalue weighted by atomic mass is 9.96. The van der Waals surface area contributed by atoms with E-state index in [4.69, 9.17) is 0 Å². The molecule has 3 N–H and O–H groups in total. The first-order valence-electron chi connectivity index (χ1n) is 11.5. The number of rotatable bonds is 8. The number of carbonyl (C=O) groups is 1. The average Bonchev–Trinajstić information content (AvgIpc) is 3.26. The van der Waals surface area contributed by atoms with Crippen molar-refractivity contribution in [3.63, 3.8) is 0 Å². The van der Waals surface area contributed by atoms with E-state index in [1.54, 1.807) is 15.3 Å². The zero-order chi connectivity index (χ0) is 23.9. The van der Waals surface area contributed by atoms with E-state index in [-0.39, 0.29) is 47.7 Å². The minimum Gasteiger partial charge on any atom is -0.390 e. The maximum atomic E-state index is 13.1. The van der Waals surface area contributed by atoms with Crippen molar-refractivity contribution < 1.29 is 18.3 Å². The highest BCUT2D eigenvalue weighted by Crippen LogP contribution is 2.35. The van der Waals surface area contributed by atoms with Gasteiger partial charge in [0, 0.05) is 43.5 Å². The van der Waals surface area contributed by atoms with Gasteiger partial charge in [-0.25, -0.2) is 17.8 Å². The topological polar surface area (TPSA) is 125 Å². The molecule has 2 aromatic rings. The van der Waals surface area contributed by atoms with Gasteiger partial charge in [-0.05, 0) is 57.7 Å². The van der Waals surface area contributed by atoms with Gasteiger partial charge in [-0.15, -0.1) is 0 Å². The van der Waals surface area contributed by atoms with E-state index in [0.29, 0.717) is 6.54 Å². The van der Waals surface area contributed by atoms with Crippen molar-refractivity contribution in [2.75, 3.05) is 19.3 Å². The van der Waals surface area contributed by atoms with Crippen LogP contribution in [0.15, 0.2) is 29.2 Å². The van der Waals surface area contributed by atoms with Crippen molar-refractivity contribution in [3.8, 4) is 0 Å². The second kappa shape index (κ2) is 9.21. The smallest absolute Gasteiger partial charge is 0.278 e. The molecule has 2 aliphatic heterocycles. The Kier molecular flexibility index (Phi) is 6.68. The molecule has 2 unspecified atom stereocenters. The second-order valence-electron chi connectivity index (χ2n) is 9.58. The van der Waals surface area contributed by atoms with E-state index in [9.17, 15) is 23.1 Å². The number of sulfonamides is 1. The normalized spacial score (nSPS) is 24.5. The minimum atomic E-state index is -3.35. The lowest BCUT2D eigenvalue weighted by Gasteiger charge is -2.40. The van der Waals surface area contributed by atoms with Crippen LogP contribution < -0.4 is 15.6 Å². The number of nitrogens with one attached hydrogen (secondary N) is 2. The summed E-state index contributed by atoms with van der Waals surface area (Å²) < 4.78 is 28.2. The van der Waals surface area contributed by atoms with Crippen molar-refractivity contribution >= 4 is 21.4 Å². The largest absolute Gasteiger partial charge is 0.390 e. The predicted octanol–water partition coefficient (Wildman–Crippen LogP) is 0.317. The molecule has 4 heterocycles. The van der Waals surface area contributed by atoms with Gasteiger partial charge in [0.2, 0.25) is 10.0 Å². The zero-order valence-electron chi connectivity index (χ0n) is 19.3. The molecule has 0 aromatic carbocycles. The summed E-state index contributed by atoms with van der Waals surface area (Å²) in [7, 11) is -3.35. The first-order chi connectivity index (χ1) is 15.5. The molecule has 182 valence electrons. The van der Waals surface area contributed by atoms with Crippen LogP contribution in [-0.2, 0) is 10.0 Å². The van der Waals surface area contributed by atoms with Crippen molar-refractivity contribution in [1.29, 1.82) is 0 Å². The Labute approximate surface area is 193 Å². The SMILES string of the molecule is CC(C)n1c(=O)c(C(=O)NC2CC3CCC(C2)N3C[C@@H](O)CNS(C)(=O)=O)cc2cccn21. The number of fused-ring (bicyclic) bond motifs is 3. The molecule has 2 fully saturated rings. The van der Waals surface area contributed by atoms with E-state index >= 15 is 0 Å². The van der Waals surface area contributed by atoms with Crippen LogP contribution in [0.4, 0.5) is 0 Å². The van der Waals surface area contributed by atoms with E-state index in [0.717, 1.165) is 37.5 Å². The van der Waals surface area contributed by atoms with Crippen molar-refractivity contribution in [1.82, 2.24) is 24.1 Å². The molecule has 1 amide bonds. The molecule has 11 heteroatoms. The Hall–Kier alpha value is -2.21. The molecular formula is C22H33N5O5S. The number of hydrogen-bond acceptors (Lipinski definition) is 6. The Balaban J connectivity index is 1.42. The van der Waals surface area contributed by atoms with Crippen LogP contribution in [0.2, 0.25) is 0 Å². The zero-order valence-corrected chi connectivity index (χ0v) is 20.1. The van der Waals surface area contributed by atoms with Crippen molar-refractivity contribution in [2.45, 2.75) is 69.8 Å². The molecule has 0 saturated carbocycles. The summed E-state index contributed by atoms with van der Waals surface area (Å²) in [6, 6.07) is 5.64. The third-order valence-electron chi connectivity index (χ3n) is 6.68. The van der Waals surface area contributed by atoms with Crippen LogP contribution in [0, 0.1) is 0 Å². The molecule has 2 saturated heterocycles. The summed E-state index contributed by atoms with van der Waals surface area (Å²) in [4.78, 5) is 28.4. The fourth-order valence-corrected chi connectivity index (χ4v) is 5.78. The van der Waals surface area contributed by atoms with Gasteiger partial charge < -0.3 is 10.4 Å². The van der Waals surface area contributed by atoms with E-state index in [1.807, 2.05) is 32.2 Å². The van der Waals surface area contributed by atoms with Gasteiger partial charge in [0.1, 0.15) is 5.56 Å². The second-order valence-corrected chi connectivity index (χ2v) is 11.4. The van der Waals surface area contributed by atoms with Gasteiger partial charge in [0.05, 0.1) is 17.9 Å². The highest BCUT2D eigenvalue weighted by molar-refractivity contribution is 7.88. The maximum absolute atomic E-state index is 13.1. The van der Waals surface area contributed by atoms with Gasteiger partial charge in [-0.1, -0.05) is 0 Å². The van der Waals surface area contributed by atoms with Gasteiger partial charge in [0.15, 0.2) is 0 Å². The van der Waals surface area contributed by atoms with E-state index in [1.165, 1.54) is 0 Å². The number of amides is 1. The van der Waals surface area contributed by atoms with E-state index in [2.05, 4.69) is 14.9 Å². The van der Waals surface area contributed by atoms with Crippen LogP contribution >= 0.6 is 0 Å². The number of carbonyl (C=O) groups excluding carboxylic acids is 1. The summed E-state index contributed by atoms with van der Waals surface area (Å²) in [5.74, 6) is -0.353. The lowest BCUT2D eigenvalue weighted by Crippen LogP contribution is -2.53. The van der Waals surface area contributed by atoms with Crippen LogP contribution in [-0.4, -0.2) is 77.1 Å². The molecular weight excluding hydrogens is 446 g/mol. The number of aliphatic hydroxyl groups excluding tert-OH is 1. The number of nitrogens with zero attached hydrogens (tertiary/aromatic N) is 3. The first kappa shape index (κ1) is 23.9. The van der Waals surface area contributed by atoms with Gasteiger partial charge in [-0.3, -0.25) is 19.0 Å². The summed E-state index contributed by atoms with van der Waals surface area (Å²) in [6.07, 6.45) is 5.50. The number of hydrogen-bond donors (Lipinski definition) is 3. The third kappa shape index (κ3) is 5.16. The number of piperidine rings is 1. The van der Waals surface area contributed by atoms with Gasteiger partial charge >= 0.3 is 0 Å². The molecule has 0 spiro atoms. The summed E-state index contributed by atoms with van der Waals surface area (Å²) in [5, 5.41) is 13.4. The quantitative estimate of drug-likeness (QED) is 0.501.